The summed E-state index contributed by atoms with van der Waals surface area (Å²) in [6, 6.07) is 7.59. The summed E-state index contributed by atoms with van der Waals surface area (Å²) in [5, 5.41) is 5.90. The Balaban J connectivity index is 1.96. The number of carbonyl (C=O) groups is 1. The van der Waals surface area contributed by atoms with E-state index >= 15 is 0 Å². The summed E-state index contributed by atoms with van der Waals surface area (Å²) in [6.45, 7) is 1.49. The van der Waals surface area contributed by atoms with Crippen LogP contribution in [0.25, 0.3) is 0 Å². The Morgan fingerprint density at radius 1 is 1.26 bits per heavy atom. The van der Waals surface area contributed by atoms with Crippen molar-refractivity contribution >= 4 is 15.7 Å². The number of amides is 1. The Kier molecular flexibility index (Phi) is 5.64. The first-order chi connectivity index (χ1) is 10.9. The third kappa shape index (κ3) is 4.03. The lowest BCUT2D eigenvalue weighted by Crippen LogP contribution is -2.57. The summed E-state index contributed by atoms with van der Waals surface area (Å²) in [4.78, 5) is 12.5. The van der Waals surface area contributed by atoms with Gasteiger partial charge in [-0.3, -0.25) is 4.79 Å². The molecule has 1 aliphatic rings. The minimum Gasteiger partial charge on any atom is -0.497 e. The fourth-order valence-electron chi connectivity index (χ4n) is 2.87. The van der Waals surface area contributed by atoms with Gasteiger partial charge in [0.2, 0.25) is 5.91 Å². The zero-order valence-corrected chi connectivity index (χ0v) is 14.4. The molecule has 0 atom stereocenters. The van der Waals surface area contributed by atoms with Crippen molar-refractivity contribution < 1.29 is 17.9 Å². The summed E-state index contributed by atoms with van der Waals surface area (Å²) in [5.41, 5.74) is 1.06. The quantitative estimate of drug-likeness (QED) is 0.789. The van der Waals surface area contributed by atoms with Gasteiger partial charge in [0.05, 0.1) is 7.11 Å². The summed E-state index contributed by atoms with van der Waals surface area (Å²) in [6.07, 6.45) is 2.44. The molecule has 0 bridgehead atoms. The van der Waals surface area contributed by atoms with Crippen molar-refractivity contribution in [3.05, 3.63) is 29.8 Å². The number of piperidine rings is 1. The van der Waals surface area contributed by atoms with Crippen molar-refractivity contribution in [2.75, 3.05) is 33.0 Å². The van der Waals surface area contributed by atoms with Crippen LogP contribution in [-0.4, -0.2) is 52.1 Å². The van der Waals surface area contributed by atoms with E-state index in [4.69, 9.17) is 4.74 Å². The van der Waals surface area contributed by atoms with Crippen molar-refractivity contribution in [2.24, 2.45) is 0 Å². The minimum absolute atomic E-state index is 0.320. The van der Waals surface area contributed by atoms with Crippen molar-refractivity contribution in [3.8, 4) is 5.75 Å². The number of ether oxygens (including phenoxy) is 1. The molecule has 0 spiro atoms. The minimum atomic E-state index is -3.46. The average molecular weight is 340 g/mol. The molecule has 1 aromatic rings. The van der Waals surface area contributed by atoms with Crippen LogP contribution in [0.3, 0.4) is 0 Å². The maximum atomic E-state index is 12.5. The Hall–Kier alpha value is -1.60. The number of rotatable bonds is 6. The Bertz CT molecular complexity index is 635. The molecular weight excluding hydrogens is 316 g/mol. The van der Waals surface area contributed by atoms with Gasteiger partial charge in [-0.2, -0.15) is 0 Å². The third-order valence-electron chi connectivity index (χ3n) is 4.39. The van der Waals surface area contributed by atoms with Gasteiger partial charge in [-0.05, 0) is 50.0 Å². The van der Waals surface area contributed by atoms with Gasteiger partial charge < -0.3 is 15.4 Å². The van der Waals surface area contributed by atoms with Crippen LogP contribution >= 0.6 is 0 Å². The lowest BCUT2D eigenvalue weighted by Gasteiger charge is -2.34. The van der Waals surface area contributed by atoms with Gasteiger partial charge in [0.1, 0.15) is 5.75 Å². The maximum absolute atomic E-state index is 12.5. The monoisotopic (exact) mass is 340 g/mol. The molecule has 1 aliphatic heterocycles. The molecule has 1 amide bonds. The van der Waals surface area contributed by atoms with Crippen LogP contribution in [0.2, 0.25) is 0 Å². The van der Waals surface area contributed by atoms with E-state index in [9.17, 15) is 13.2 Å². The molecule has 128 valence electrons. The highest BCUT2D eigenvalue weighted by atomic mass is 32.2. The molecule has 1 aromatic carbocycles. The van der Waals surface area contributed by atoms with Crippen molar-refractivity contribution in [2.45, 2.75) is 24.0 Å². The average Bonchev–Trinajstić information content (AvgIpc) is 2.55. The largest absolute Gasteiger partial charge is 0.497 e. The molecule has 2 N–H and O–H groups in total. The first kappa shape index (κ1) is 17.7. The van der Waals surface area contributed by atoms with E-state index in [1.54, 1.807) is 7.11 Å². The fraction of sp³-hybridized carbons (Fsp3) is 0.562. The second-order valence-electron chi connectivity index (χ2n) is 5.87. The van der Waals surface area contributed by atoms with Crippen LogP contribution in [-0.2, 0) is 21.1 Å². The molecule has 2 rings (SSSR count). The summed E-state index contributed by atoms with van der Waals surface area (Å²) >= 11 is 0. The van der Waals surface area contributed by atoms with Gasteiger partial charge in [-0.25, -0.2) is 8.42 Å². The molecule has 0 unspecified atom stereocenters. The Morgan fingerprint density at radius 3 is 2.39 bits per heavy atom. The predicted octanol–water partition coefficient (Wildman–Crippen LogP) is 0.521. The van der Waals surface area contributed by atoms with Gasteiger partial charge >= 0.3 is 0 Å². The second kappa shape index (κ2) is 7.31. The Labute approximate surface area is 137 Å². The lowest BCUT2D eigenvalue weighted by molar-refractivity contribution is -0.124. The standard InChI is InChI=1S/C16H24N2O4S/c1-22-14-5-3-13(4-6-14)7-10-18-15(19)16(23(2,20)21)8-11-17-12-9-16/h3-6,17H,7-12H2,1-2H3,(H,18,19). The van der Waals surface area contributed by atoms with Gasteiger partial charge in [0, 0.05) is 12.8 Å². The van der Waals surface area contributed by atoms with Gasteiger partial charge in [-0.1, -0.05) is 12.1 Å². The van der Waals surface area contributed by atoms with E-state index in [-0.39, 0.29) is 5.91 Å². The molecule has 6 nitrogen and oxygen atoms in total. The van der Waals surface area contributed by atoms with Crippen molar-refractivity contribution in [1.29, 1.82) is 0 Å². The second-order valence-corrected chi connectivity index (χ2v) is 8.20. The number of carbonyl (C=O) groups excluding carboxylic acids is 1. The van der Waals surface area contributed by atoms with Crippen LogP contribution in [0.15, 0.2) is 24.3 Å². The third-order valence-corrected chi connectivity index (χ3v) is 6.41. The summed E-state index contributed by atoms with van der Waals surface area (Å²) < 4.78 is 28.1. The molecule has 7 heteroatoms. The topological polar surface area (TPSA) is 84.5 Å². The zero-order valence-electron chi connectivity index (χ0n) is 13.6. The molecular formula is C16H24N2O4S. The van der Waals surface area contributed by atoms with Crippen LogP contribution in [0.1, 0.15) is 18.4 Å². The van der Waals surface area contributed by atoms with Crippen LogP contribution < -0.4 is 15.4 Å². The van der Waals surface area contributed by atoms with E-state index in [0.717, 1.165) is 17.6 Å². The van der Waals surface area contributed by atoms with Gasteiger partial charge in [0.25, 0.3) is 0 Å². The van der Waals surface area contributed by atoms with E-state index in [1.165, 1.54) is 0 Å². The van der Waals surface area contributed by atoms with E-state index in [1.807, 2.05) is 24.3 Å². The zero-order chi connectivity index (χ0) is 16.9. The summed E-state index contributed by atoms with van der Waals surface area (Å²) in [7, 11) is -1.85. The van der Waals surface area contributed by atoms with Crippen molar-refractivity contribution in [3.63, 3.8) is 0 Å². The summed E-state index contributed by atoms with van der Waals surface area (Å²) in [5.74, 6) is 0.401. The fourth-order valence-corrected chi connectivity index (χ4v) is 4.23. The number of methoxy groups -OCH3 is 1. The van der Waals surface area contributed by atoms with E-state index in [2.05, 4.69) is 10.6 Å². The smallest absolute Gasteiger partial charge is 0.241 e. The maximum Gasteiger partial charge on any atom is 0.241 e. The first-order valence-electron chi connectivity index (χ1n) is 7.70. The van der Waals surface area contributed by atoms with Crippen LogP contribution in [0.4, 0.5) is 0 Å². The highest BCUT2D eigenvalue weighted by molar-refractivity contribution is 7.92. The van der Waals surface area contributed by atoms with E-state index < -0.39 is 14.6 Å². The van der Waals surface area contributed by atoms with Gasteiger partial charge in [-0.15, -0.1) is 0 Å². The molecule has 0 aromatic heterocycles. The number of hydrogen-bond donors (Lipinski definition) is 2. The van der Waals surface area contributed by atoms with Gasteiger partial charge in [0.15, 0.2) is 14.6 Å². The SMILES string of the molecule is COc1ccc(CCNC(=O)C2(S(C)(=O)=O)CCNCC2)cc1. The predicted molar refractivity (Wildman–Crippen MR) is 89.4 cm³/mol. The van der Waals surface area contributed by atoms with Crippen LogP contribution in [0, 0.1) is 0 Å². The number of sulfone groups is 1. The highest BCUT2D eigenvalue weighted by Gasteiger charge is 2.48. The molecule has 23 heavy (non-hydrogen) atoms. The molecule has 0 radical (unpaired) electrons. The lowest BCUT2D eigenvalue weighted by atomic mass is 9.95. The van der Waals surface area contributed by atoms with E-state index in [0.29, 0.717) is 38.9 Å². The molecule has 1 fully saturated rings. The first-order valence-corrected chi connectivity index (χ1v) is 9.60. The highest BCUT2D eigenvalue weighted by Crippen LogP contribution is 2.27. The Morgan fingerprint density at radius 2 is 1.87 bits per heavy atom. The normalized spacial score (nSPS) is 17.5. The molecule has 0 aliphatic carbocycles. The molecule has 1 saturated heterocycles. The van der Waals surface area contributed by atoms with Crippen LogP contribution in [0.5, 0.6) is 5.75 Å². The molecule has 1 heterocycles. The number of benzene rings is 1. The van der Waals surface area contributed by atoms with Crippen molar-refractivity contribution in [1.82, 2.24) is 10.6 Å². The molecule has 0 saturated carbocycles. The number of hydrogen-bond acceptors (Lipinski definition) is 5. The number of nitrogens with one attached hydrogen (secondary N) is 2.